The van der Waals surface area contributed by atoms with Gasteiger partial charge in [0.1, 0.15) is 0 Å². The van der Waals surface area contributed by atoms with Crippen molar-refractivity contribution in [3.63, 3.8) is 0 Å². The molecule has 0 fully saturated rings. The lowest BCUT2D eigenvalue weighted by Gasteiger charge is -2.34. The van der Waals surface area contributed by atoms with Crippen LogP contribution < -0.4 is 16.4 Å². The van der Waals surface area contributed by atoms with Crippen LogP contribution >= 0.6 is 0 Å². The summed E-state index contributed by atoms with van der Waals surface area (Å²) in [5.74, 6) is 0. The summed E-state index contributed by atoms with van der Waals surface area (Å²) in [6.07, 6.45) is 9.28. The predicted octanol–water partition coefficient (Wildman–Crippen LogP) is 8.42. The standard InChI is InChI=1S/C42H27BN2/c1-3-12-26(13-4-1)28-22-33-31-17-8-10-21-37(31)45-39-25-29(27-14-5-2-6-15-27)24-38-40(39)43(35(23-28)42(33)45)34-19-11-18-32-30-16-7-9-20-36(30)44(38)41(32)34/h2-3,5-25H,1,4H2. The van der Waals surface area contributed by atoms with Gasteiger partial charge in [0.05, 0.1) is 11.0 Å². The van der Waals surface area contributed by atoms with Gasteiger partial charge >= 0.3 is 0 Å². The summed E-state index contributed by atoms with van der Waals surface area (Å²) in [7, 11) is 0. The first-order valence-electron chi connectivity index (χ1n) is 16.1. The van der Waals surface area contributed by atoms with E-state index in [1.807, 2.05) is 0 Å². The summed E-state index contributed by atoms with van der Waals surface area (Å²) < 4.78 is 5.14. The lowest BCUT2D eigenvalue weighted by atomic mass is 9.34. The van der Waals surface area contributed by atoms with E-state index in [9.17, 15) is 0 Å². The Bertz CT molecular complexity index is 2650. The first-order valence-corrected chi connectivity index (χ1v) is 16.1. The third-order valence-corrected chi connectivity index (χ3v) is 10.5. The second kappa shape index (κ2) is 8.55. The van der Waals surface area contributed by atoms with Crippen LogP contribution in [0.5, 0.6) is 0 Å². The van der Waals surface area contributed by atoms with Crippen LogP contribution in [-0.4, -0.2) is 15.8 Å². The molecule has 0 bridgehead atoms. The van der Waals surface area contributed by atoms with Gasteiger partial charge in [-0.05, 0) is 81.8 Å². The van der Waals surface area contributed by atoms with Crippen LogP contribution in [0, 0.1) is 0 Å². The predicted molar refractivity (Wildman–Crippen MR) is 192 cm³/mol. The molecule has 1 aliphatic carbocycles. The smallest absolute Gasteiger partial charge is 0.252 e. The lowest BCUT2D eigenvalue weighted by molar-refractivity contribution is 1.04. The molecule has 0 radical (unpaired) electrons. The van der Waals surface area contributed by atoms with Gasteiger partial charge in [0, 0.05) is 44.0 Å². The number of nitrogens with zero attached hydrogens (tertiary/aromatic N) is 2. The molecule has 2 aromatic heterocycles. The van der Waals surface area contributed by atoms with E-state index in [0.717, 1.165) is 12.8 Å². The van der Waals surface area contributed by atoms with Crippen LogP contribution in [0.3, 0.4) is 0 Å². The number of hydrogen-bond acceptors (Lipinski definition) is 0. The van der Waals surface area contributed by atoms with Crippen LogP contribution in [0.15, 0.2) is 140 Å². The molecule has 45 heavy (non-hydrogen) atoms. The number of rotatable bonds is 2. The molecule has 0 N–H and O–H groups in total. The van der Waals surface area contributed by atoms with Gasteiger partial charge < -0.3 is 9.13 Å². The number of para-hydroxylation sites is 3. The van der Waals surface area contributed by atoms with Crippen molar-refractivity contribution in [3.8, 4) is 22.5 Å². The molecule has 208 valence electrons. The maximum Gasteiger partial charge on any atom is 0.252 e. The van der Waals surface area contributed by atoms with Gasteiger partial charge in [0.2, 0.25) is 0 Å². The minimum absolute atomic E-state index is 0.132. The number of hydrogen-bond donors (Lipinski definition) is 0. The molecule has 2 nitrogen and oxygen atoms in total. The molecule has 6 aromatic carbocycles. The number of benzene rings is 6. The van der Waals surface area contributed by atoms with E-state index in [4.69, 9.17) is 0 Å². The van der Waals surface area contributed by atoms with Crippen molar-refractivity contribution in [1.82, 2.24) is 9.13 Å². The van der Waals surface area contributed by atoms with Gasteiger partial charge in [0.25, 0.3) is 6.71 Å². The molecule has 2 aliphatic heterocycles. The Labute approximate surface area is 261 Å². The molecule has 0 unspecified atom stereocenters. The molecule has 4 heterocycles. The molecule has 11 rings (SSSR count). The van der Waals surface area contributed by atoms with Crippen molar-refractivity contribution in [3.05, 3.63) is 145 Å². The minimum Gasteiger partial charge on any atom is -0.310 e. The molecule has 3 aliphatic rings. The fourth-order valence-electron chi connectivity index (χ4n) is 8.69. The van der Waals surface area contributed by atoms with Gasteiger partial charge in [-0.15, -0.1) is 0 Å². The zero-order valence-corrected chi connectivity index (χ0v) is 24.7. The summed E-state index contributed by atoms with van der Waals surface area (Å²) >= 11 is 0. The largest absolute Gasteiger partial charge is 0.310 e. The van der Waals surface area contributed by atoms with E-state index in [1.165, 1.54) is 93.6 Å². The highest BCUT2D eigenvalue weighted by Gasteiger charge is 2.41. The van der Waals surface area contributed by atoms with Crippen LogP contribution in [0.2, 0.25) is 0 Å². The summed E-state index contributed by atoms with van der Waals surface area (Å²) in [6.45, 7) is 0.132. The van der Waals surface area contributed by atoms with E-state index in [2.05, 4.69) is 149 Å². The van der Waals surface area contributed by atoms with Crippen molar-refractivity contribution in [2.45, 2.75) is 12.8 Å². The fourth-order valence-corrected chi connectivity index (χ4v) is 8.69. The Hall–Kier alpha value is -5.54. The van der Waals surface area contributed by atoms with Gasteiger partial charge in [-0.1, -0.05) is 109 Å². The highest BCUT2D eigenvalue weighted by molar-refractivity contribution is 7.00. The Balaban J connectivity index is 1.38. The molecular formula is C42H27BN2. The van der Waals surface area contributed by atoms with Crippen molar-refractivity contribution in [1.29, 1.82) is 0 Å². The van der Waals surface area contributed by atoms with E-state index in [1.54, 1.807) is 0 Å². The second-order valence-electron chi connectivity index (χ2n) is 12.8. The first kappa shape index (κ1) is 23.9. The summed E-state index contributed by atoms with van der Waals surface area (Å²) in [5, 5.41) is 5.30. The molecule has 0 saturated heterocycles. The zero-order valence-electron chi connectivity index (χ0n) is 24.7. The van der Waals surface area contributed by atoms with Crippen molar-refractivity contribution < 1.29 is 0 Å². The van der Waals surface area contributed by atoms with Crippen molar-refractivity contribution in [2.24, 2.45) is 0 Å². The van der Waals surface area contributed by atoms with E-state index >= 15 is 0 Å². The average molecular weight is 571 g/mol. The quantitative estimate of drug-likeness (QED) is 0.185. The Kier molecular flexibility index (Phi) is 4.53. The minimum atomic E-state index is 0.132. The molecule has 3 heteroatoms. The Morgan fingerprint density at radius 3 is 1.89 bits per heavy atom. The van der Waals surface area contributed by atoms with Crippen LogP contribution in [0.4, 0.5) is 0 Å². The topological polar surface area (TPSA) is 9.86 Å². The van der Waals surface area contributed by atoms with Gasteiger partial charge in [-0.25, -0.2) is 0 Å². The fraction of sp³-hybridized carbons (Fsp3) is 0.0476. The highest BCUT2D eigenvalue weighted by atomic mass is 15.0. The van der Waals surface area contributed by atoms with Gasteiger partial charge in [0.15, 0.2) is 0 Å². The average Bonchev–Trinajstić information content (AvgIpc) is 3.63. The third-order valence-electron chi connectivity index (χ3n) is 10.5. The summed E-state index contributed by atoms with van der Waals surface area (Å²) in [4.78, 5) is 0. The number of aromatic nitrogens is 2. The molecule has 0 saturated carbocycles. The number of allylic oxidation sites excluding steroid dienone is 4. The first-order chi connectivity index (χ1) is 22.3. The van der Waals surface area contributed by atoms with Crippen molar-refractivity contribution in [2.75, 3.05) is 0 Å². The second-order valence-corrected chi connectivity index (χ2v) is 12.8. The maximum absolute atomic E-state index is 2.58. The third kappa shape index (κ3) is 3.00. The maximum atomic E-state index is 2.58. The Morgan fingerprint density at radius 2 is 1.16 bits per heavy atom. The van der Waals surface area contributed by atoms with Gasteiger partial charge in [-0.3, -0.25) is 0 Å². The summed E-state index contributed by atoms with van der Waals surface area (Å²) in [6, 6.07) is 45.7. The van der Waals surface area contributed by atoms with Crippen LogP contribution in [0.25, 0.3) is 71.7 Å². The number of fused-ring (bicyclic) bond motifs is 10. The van der Waals surface area contributed by atoms with E-state index in [-0.39, 0.29) is 6.71 Å². The molecule has 0 spiro atoms. The van der Waals surface area contributed by atoms with E-state index in [0.29, 0.717) is 0 Å². The lowest BCUT2D eigenvalue weighted by Crippen LogP contribution is -2.59. The molecule has 8 aromatic rings. The molecular weight excluding hydrogens is 543 g/mol. The SMILES string of the molecule is C1=CC(c2cc3c4c(c2)c2ccccc2n4-c2cc(-c4ccccc4)cc4c2B3c2cccc3c5ccccc5n-4c23)=CCC1. The zero-order chi connectivity index (χ0) is 29.2. The van der Waals surface area contributed by atoms with Gasteiger partial charge in [-0.2, -0.15) is 0 Å². The summed E-state index contributed by atoms with van der Waals surface area (Å²) in [5.41, 5.74) is 17.2. The molecule has 0 amide bonds. The van der Waals surface area contributed by atoms with Crippen LogP contribution in [0.1, 0.15) is 18.4 Å². The van der Waals surface area contributed by atoms with Crippen molar-refractivity contribution >= 4 is 72.3 Å². The monoisotopic (exact) mass is 570 g/mol. The van der Waals surface area contributed by atoms with E-state index < -0.39 is 0 Å². The molecule has 0 atom stereocenters. The van der Waals surface area contributed by atoms with Crippen LogP contribution in [-0.2, 0) is 0 Å². The Morgan fingerprint density at radius 1 is 0.489 bits per heavy atom. The highest BCUT2D eigenvalue weighted by Crippen LogP contribution is 2.41. The normalized spacial score (nSPS) is 14.5.